The van der Waals surface area contributed by atoms with E-state index in [9.17, 15) is 14.4 Å². The van der Waals surface area contributed by atoms with Crippen molar-refractivity contribution in [1.29, 1.82) is 0 Å². The number of carbonyl (C=O) groups is 3. The van der Waals surface area contributed by atoms with E-state index in [1.54, 1.807) is 0 Å². The lowest BCUT2D eigenvalue weighted by Crippen LogP contribution is -2.30. The molecule has 0 saturated carbocycles. The molecular formula is C58H106O6. The zero-order chi connectivity index (χ0) is 46.5. The van der Waals surface area contributed by atoms with E-state index in [0.717, 1.165) is 77.0 Å². The topological polar surface area (TPSA) is 78.9 Å². The fourth-order valence-electron chi connectivity index (χ4n) is 8.22. The minimum atomic E-state index is -0.782. The largest absolute Gasteiger partial charge is 0.462 e. The Morgan fingerprint density at radius 3 is 0.953 bits per heavy atom. The zero-order valence-corrected chi connectivity index (χ0v) is 42.8. The maximum Gasteiger partial charge on any atom is 0.306 e. The first-order chi connectivity index (χ1) is 31.5. The Morgan fingerprint density at radius 1 is 0.328 bits per heavy atom. The Labute approximate surface area is 397 Å². The minimum Gasteiger partial charge on any atom is -0.462 e. The third kappa shape index (κ3) is 50.6. The van der Waals surface area contributed by atoms with Gasteiger partial charge in [0.2, 0.25) is 0 Å². The Kier molecular flexibility index (Phi) is 51.3. The van der Waals surface area contributed by atoms with Gasteiger partial charge in [0.05, 0.1) is 0 Å². The van der Waals surface area contributed by atoms with Crippen molar-refractivity contribution in [2.75, 3.05) is 13.2 Å². The highest BCUT2D eigenvalue weighted by Crippen LogP contribution is 2.17. The molecule has 0 spiro atoms. The summed E-state index contributed by atoms with van der Waals surface area (Å²) in [5, 5.41) is 0. The highest BCUT2D eigenvalue weighted by molar-refractivity contribution is 5.71. The maximum absolute atomic E-state index is 12.8. The number of unbranched alkanes of at least 4 members (excludes halogenated alkanes) is 34. The summed E-state index contributed by atoms with van der Waals surface area (Å²) in [6.45, 7) is 6.53. The second kappa shape index (κ2) is 53.2. The Hall–Kier alpha value is -2.37. The summed E-state index contributed by atoms with van der Waals surface area (Å²) < 4.78 is 16.8. The molecule has 0 amide bonds. The lowest BCUT2D eigenvalue weighted by molar-refractivity contribution is -0.167. The molecule has 6 heteroatoms. The summed E-state index contributed by atoms with van der Waals surface area (Å²) >= 11 is 0. The van der Waals surface area contributed by atoms with Gasteiger partial charge in [-0.1, -0.05) is 263 Å². The molecular weight excluding hydrogens is 793 g/mol. The molecule has 0 fully saturated rings. The van der Waals surface area contributed by atoms with Crippen LogP contribution in [0.3, 0.4) is 0 Å². The van der Waals surface area contributed by atoms with Crippen molar-refractivity contribution >= 4 is 17.9 Å². The van der Waals surface area contributed by atoms with Crippen LogP contribution in [0.15, 0.2) is 36.5 Å². The molecule has 374 valence electrons. The second-order valence-electron chi connectivity index (χ2n) is 18.8. The highest BCUT2D eigenvalue weighted by Gasteiger charge is 2.19. The summed E-state index contributed by atoms with van der Waals surface area (Å²) in [5.41, 5.74) is 0. The first-order valence-corrected chi connectivity index (χ1v) is 28.0. The first kappa shape index (κ1) is 61.6. The molecule has 0 aliphatic rings. The molecule has 0 radical (unpaired) electrons. The number of allylic oxidation sites excluding steroid dienone is 6. The van der Waals surface area contributed by atoms with Gasteiger partial charge in [-0.15, -0.1) is 0 Å². The van der Waals surface area contributed by atoms with Crippen LogP contribution in [0.4, 0.5) is 0 Å². The lowest BCUT2D eigenvalue weighted by atomic mass is 10.0. The van der Waals surface area contributed by atoms with Crippen LogP contribution < -0.4 is 0 Å². The number of hydrogen-bond donors (Lipinski definition) is 0. The van der Waals surface area contributed by atoms with Crippen LogP contribution in [0, 0.1) is 0 Å². The van der Waals surface area contributed by atoms with Gasteiger partial charge >= 0.3 is 17.9 Å². The van der Waals surface area contributed by atoms with Gasteiger partial charge in [0, 0.05) is 19.3 Å². The molecule has 0 rings (SSSR count). The lowest BCUT2D eigenvalue weighted by Gasteiger charge is -2.18. The van der Waals surface area contributed by atoms with E-state index in [0.29, 0.717) is 19.3 Å². The molecule has 64 heavy (non-hydrogen) atoms. The number of rotatable bonds is 51. The molecule has 1 unspecified atom stereocenters. The van der Waals surface area contributed by atoms with Gasteiger partial charge in [-0.25, -0.2) is 0 Å². The van der Waals surface area contributed by atoms with Gasteiger partial charge in [-0.05, 0) is 51.4 Å². The standard InChI is InChI=1S/C58H106O6/c1-4-7-10-13-16-19-22-25-27-28-29-30-32-33-36-39-42-45-48-51-57(60)63-54-55(53-62-56(59)50-47-44-41-38-35-24-21-18-15-12-9-6-3)64-58(61)52-49-46-43-40-37-34-31-26-23-20-17-14-11-8-5-2/h9,12,18,21,35,38,55H,4-8,10-11,13-17,19-20,22-34,36-37,39-54H2,1-3H3/b12-9-,21-18-,38-35-. The van der Waals surface area contributed by atoms with Crippen LogP contribution in [0.5, 0.6) is 0 Å². The molecule has 0 heterocycles. The van der Waals surface area contributed by atoms with E-state index in [1.807, 2.05) is 0 Å². The van der Waals surface area contributed by atoms with Crippen LogP contribution in [0.25, 0.3) is 0 Å². The molecule has 0 aliphatic heterocycles. The smallest absolute Gasteiger partial charge is 0.306 e. The van der Waals surface area contributed by atoms with Crippen molar-refractivity contribution in [2.24, 2.45) is 0 Å². The van der Waals surface area contributed by atoms with Crippen LogP contribution in [-0.2, 0) is 28.6 Å². The van der Waals surface area contributed by atoms with Crippen LogP contribution in [-0.4, -0.2) is 37.2 Å². The molecule has 1 atom stereocenters. The molecule has 0 aromatic heterocycles. The molecule has 0 N–H and O–H groups in total. The predicted molar refractivity (Wildman–Crippen MR) is 275 cm³/mol. The average Bonchev–Trinajstić information content (AvgIpc) is 3.29. The summed E-state index contributed by atoms with van der Waals surface area (Å²) in [6, 6.07) is 0. The number of hydrogen-bond acceptors (Lipinski definition) is 6. The van der Waals surface area contributed by atoms with E-state index >= 15 is 0 Å². The summed E-state index contributed by atoms with van der Waals surface area (Å²) in [6.07, 6.45) is 62.9. The van der Waals surface area contributed by atoms with E-state index in [2.05, 4.69) is 57.2 Å². The second-order valence-corrected chi connectivity index (χ2v) is 18.8. The SMILES string of the molecule is CC/C=C\C/C=C\C/C=C\CCCCC(=O)OCC(COC(=O)CCCCCCCCCCCCCCCCCCCCC)OC(=O)CCCCCCCCCCCCCCCCC. The normalized spacial score (nSPS) is 12.2. The zero-order valence-electron chi connectivity index (χ0n) is 42.8. The van der Waals surface area contributed by atoms with Gasteiger partial charge in [0.15, 0.2) is 6.10 Å². The number of ether oxygens (including phenoxy) is 3. The Balaban J connectivity index is 4.31. The van der Waals surface area contributed by atoms with Crippen molar-refractivity contribution in [1.82, 2.24) is 0 Å². The summed E-state index contributed by atoms with van der Waals surface area (Å²) in [4.78, 5) is 38.0. The highest BCUT2D eigenvalue weighted by atomic mass is 16.6. The molecule has 0 aliphatic carbocycles. The quantitative estimate of drug-likeness (QED) is 0.0262. The van der Waals surface area contributed by atoms with E-state index < -0.39 is 6.10 Å². The average molecular weight is 899 g/mol. The van der Waals surface area contributed by atoms with Gasteiger partial charge in [-0.3, -0.25) is 14.4 Å². The third-order valence-corrected chi connectivity index (χ3v) is 12.4. The van der Waals surface area contributed by atoms with Crippen molar-refractivity contribution in [3.05, 3.63) is 36.5 Å². The minimum absolute atomic E-state index is 0.0794. The van der Waals surface area contributed by atoms with Crippen molar-refractivity contribution < 1.29 is 28.6 Å². The van der Waals surface area contributed by atoms with Gasteiger partial charge in [0.1, 0.15) is 13.2 Å². The summed E-state index contributed by atoms with van der Waals surface area (Å²) in [7, 11) is 0. The van der Waals surface area contributed by atoms with E-state index in [4.69, 9.17) is 14.2 Å². The van der Waals surface area contributed by atoms with E-state index in [1.165, 1.54) is 180 Å². The van der Waals surface area contributed by atoms with Gasteiger partial charge in [0.25, 0.3) is 0 Å². The van der Waals surface area contributed by atoms with Crippen molar-refractivity contribution in [2.45, 2.75) is 303 Å². The van der Waals surface area contributed by atoms with E-state index in [-0.39, 0.29) is 31.1 Å². The molecule has 0 aromatic rings. The number of esters is 3. The van der Waals surface area contributed by atoms with Gasteiger partial charge in [-0.2, -0.15) is 0 Å². The molecule has 0 saturated heterocycles. The molecule has 0 bridgehead atoms. The Morgan fingerprint density at radius 2 is 0.609 bits per heavy atom. The fourth-order valence-corrected chi connectivity index (χ4v) is 8.22. The number of carbonyl (C=O) groups excluding carboxylic acids is 3. The van der Waals surface area contributed by atoms with Crippen LogP contribution in [0.1, 0.15) is 297 Å². The van der Waals surface area contributed by atoms with Crippen molar-refractivity contribution in [3.63, 3.8) is 0 Å². The van der Waals surface area contributed by atoms with Crippen molar-refractivity contribution in [3.8, 4) is 0 Å². The van der Waals surface area contributed by atoms with Gasteiger partial charge < -0.3 is 14.2 Å². The van der Waals surface area contributed by atoms with Crippen LogP contribution in [0.2, 0.25) is 0 Å². The first-order valence-electron chi connectivity index (χ1n) is 28.0. The maximum atomic E-state index is 12.8. The Bertz CT molecular complexity index is 1080. The van der Waals surface area contributed by atoms with Crippen LogP contribution >= 0.6 is 0 Å². The summed E-state index contributed by atoms with van der Waals surface area (Å²) in [5.74, 6) is -0.904. The monoisotopic (exact) mass is 899 g/mol. The predicted octanol–water partition coefficient (Wildman–Crippen LogP) is 18.5. The molecule has 0 aromatic carbocycles. The fraction of sp³-hybridized carbons (Fsp3) is 0.845. The third-order valence-electron chi connectivity index (χ3n) is 12.4. The molecule has 6 nitrogen and oxygen atoms in total.